The number of hydrogen-bond acceptors (Lipinski definition) is 20. The van der Waals surface area contributed by atoms with Gasteiger partial charge in [-0.15, -0.1) is 11.6 Å². The maximum atomic E-state index is 14.2. The summed E-state index contributed by atoms with van der Waals surface area (Å²) >= 11 is 5.91. The number of aliphatic hydroxyl groups excluding tert-OH is 4. The molecule has 0 bridgehead atoms. The van der Waals surface area contributed by atoms with E-state index in [0.29, 0.717) is 6.42 Å². The number of hydrogen-bond donors (Lipinski definition) is 18. The van der Waals surface area contributed by atoms with E-state index in [1.807, 2.05) is 5.32 Å². The van der Waals surface area contributed by atoms with Crippen LogP contribution in [0.3, 0.4) is 0 Å². The third kappa shape index (κ3) is 30.7. The fraction of sp³-hybridized carbons (Fsp3) is 0.745. The van der Waals surface area contributed by atoms with E-state index < -0.39 is 188 Å². The summed E-state index contributed by atoms with van der Waals surface area (Å²) in [6, 6.07) is -16.0. The molecule has 496 valence electrons. The standard InChI is InChI=1S/C55H95ClN12O19/c1-4-6-7-8-9-10-11-12-13-14-15-16-17-20-32(70)27-40(72)60-38-30-87-55(86)43(39(71)29-56)67-46(76)33(5-2)61-52(82)42(31(3)69)66-49(79)36(23-26-59)64-53(83)44(45(75)54(84)85)68-48(78)34(21-18-19-24-57)62-50(80)37(28-41(73)74)65-47(77)35(22-25-58)63-51(38)81/h5,31-32,34-39,42-45,69-71,75H,4,6-30,57-59H2,1-3H3,(H,60,72)(H,61,82)(H,62,80)(H,63,81)(H,64,83)(H,65,77)(H,66,79)(H,67,76)(H,68,78)(H,73,74)(H,84,85)/b33-5+/t31-,32+,34?,35?,36-,37-,38?,39+,42?,43?,44?,45-/m0/s1. The summed E-state index contributed by atoms with van der Waals surface area (Å²) < 4.78 is 5.35. The van der Waals surface area contributed by atoms with Gasteiger partial charge in [0.15, 0.2) is 12.1 Å². The number of amides is 9. The summed E-state index contributed by atoms with van der Waals surface area (Å²) in [5.41, 5.74) is 16.5. The first kappa shape index (κ1) is 78.4. The highest BCUT2D eigenvalue weighted by Crippen LogP contribution is 2.15. The molecule has 1 aliphatic heterocycles. The van der Waals surface area contributed by atoms with Crippen LogP contribution in [0.2, 0.25) is 0 Å². The van der Waals surface area contributed by atoms with Crippen LogP contribution in [-0.4, -0.2) is 207 Å². The molecular weight excluding hydrogens is 1170 g/mol. The Hall–Kier alpha value is -6.61. The lowest BCUT2D eigenvalue weighted by atomic mass is 10.0. The lowest BCUT2D eigenvalue weighted by Gasteiger charge is -2.29. The first-order valence-electron chi connectivity index (χ1n) is 29.7. The molecule has 6 unspecified atom stereocenters. The Morgan fingerprint density at radius 2 is 1.08 bits per heavy atom. The molecule has 32 heteroatoms. The molecule has 0 aromatic heterocycles. The Labute approximate surface area is 511 Å². The van der Waals surface area contributed by atoms with E-state index >= 15 is 0 Å². The third-order valence-electron chi connectivity index (χ3n) is 14.0. The van der Waals surface area contributed by atoms with Crippen molar-refractivity contribution in [3.63, 3.8) is 0 Å². The van der Waals surface area contributed by atoms with Gasteiger partial charge in [-0.05, 0) is 72.0 Å². The smallest absolute Gasteiger partial charge is 0.335 e. The number of ether oxygens (including phenoxy) is 1. The normalized spacial score (nSPS) is 23.9. The Bertz CT molecular complexity index is 2270. The minimum absolute atomic E-state index is 0.0458. The van der Waals surface area contributed by atoms with E-state index in [1.165, 1.54) is 51.9 Å². The number of alkyl halides is 1. The number of carbonyl (C=O) groups is 12. The van der Waals surface area contributed by atoms with Gasteiger partial charge in [0.2, 0.25) is 47.3 Å². The van der Waals surface area contributed by atoms with E-state index in [-0.39, 0.29) is 45.3 Å². The molecule has 1 rings (SSSR count). The molecule has 1 fully saturated rings. The topological polar surface area (TPSA) is 522 Å². The maximum Gasteiger partial charge on any atom is 0.335 e. The zero-order chi connectivity index (χ0) is 65.6. The average Bonchev–Trinajstić information content (AvgIpc) is 3.05. The Kier molecular flexibility index (Phi) is 39.6. The Balaban J connectivity index is 3.87. The second-order valence-corrected chi connectivity index (χ2v) is 21.6. The van der Waals surface area contributed by atoms with Crippen molar-refractivity contribution in [3.8, 4) is 0 Å². The fourth-order valence-electron chi connectivity index (χ4n) is 8.93. The van der Waals surface area contributed by atoms with Gasteiger partial charge in [0, 0.05) is 0 Å². The van der Waals surface area contributed by atoms with Crippen LogP contribution in [-0.2, 0) is 62.3 Å². The molecule has 0 saturated carbocycles. The van der Waals surface area contributed by atoms with Gasteiger partial charge in [-0.2, -0.15) is 0 Å². The number of aliphatic carboxylic acids is 2. The molecule has 1 heterocycles. The van der Waals surface area contributed by atoms with Crippen LogP contribution >= 0.6 is 11.6 Å². The maximum absolute atomic E-state index is 14.2. The predicted octanol–water partition coefficient (Wildman–Crippen LogP) is -3.60. The van der Waals surface area contributed by atoms with E-state index in [0.717, 1.165) is 45.1 Å². The minimum Gasteiger partial charge on any atom is -0.481 e. The third-order valence-corrected chi connectivity index (χ3v) is 14.3. The van der Waals surface area contributed by atoms with Crippen LogP contribution < -0.4 is 65.1 Å². The molecule has 0 aromatic rings. The second kappa shape index (κ2) is 43.9. The highest BCUT2D eigenvalue weighted by molar-refractivity contribution is 6.18. The molecule has 87 heavy (non-hydrogen) atoms. The van der Waals surface area contributed by atoms with E-state index in [4.69, 9.17) is 33.5 Å². The molecule has 0 spiro atoms. The molecule has 0 aliphatic carbocycles. The molecule has 1 saturated heterocycles. The first-order valence-corrected chi connectivity index (χ1v) is 30.2. The minimum atomic E-state index is -2.77. The molecule has 0 radical (unpaired) electrons. The van der Waals surface area contributed by atoms with Crippen molar-refractivity contribution in [2.75, 3.05) is 32.1 Å². The van der Waals surface area contributed by atoms with Gasteiger partial charge >= 0.3 is 17.9 Å². The SMILES string of the molecule is C/C=C1/NC(=O)C([C@H](C)O)NC(=O)[C@H](CCN)NC(=O)C([C@H](O)C(=O)O)NC(=O)C(CCCCN)NC(=O)[C@H](CC(=O)O)NC(=O)C(CCN)NC(=O)C(NC(=O)C[C@H](O)CCCCCCCCCCCCCCC)COC(=O)C([C@H](O)CCl)NC1=O. The van der Waals surface area contributed by atoms with Crippen LogP contribution in [0, 0.1) is 0 Å². The van der Waals surface area contributed by atoms with Crippen molar-refractivity contribution in [2.24, 2.45) is 17.2 Å². The summed E-state index contributed by atoms with van der Waals surface area (Å²) in [7, 11) is 0. The van der Waals surface area contributed by atoms with Crippen LogP contribution in [0.4, 0.5) is 0 Å². The number of halogens is 1. The summed E-state index contributed by atoms with van der Waals surface area (Å²) in [6.07, 6.45) is 4.71. The van der Waals surface area contributed by atoms with Crippen LogP contribution in [0.25, 0.3) is 0 Å². The summed E-state index contributed by atoms with van der Waals surface area (Å²) in [4.78, 5) is 163. The zero-order valence-corrected chi connectivity index (χ0v) is 50.7. The Morgan fingerprint density at radius 1 is 0.598 bits per heavy atom. The Morgan fingerprint density at radius 3 is 1.57 bits per heavy atom. The number of nitrogens with two attached hydrogens (primary N) is 3. The molecule has 0 aromatic carbocycles. The van der Waals surface area contributed by atoms with E-state index in [2.05, 4.69) is 49.5 Å². The monoisotopic (exact) mass is 1260 g/mol. The highest BCUT2D eigenvalue weighted by atomic mass is 35.5. The highest BCUT2D eigenvalue weighted by Gasteiger charge is 2.40. The first-order chi connectivity index (χ1) is 41.3. The largest absolute Gasteiger partial charge is 0.481 e. The molecule has 21 N–H and O–H groups in total. The van der Waals surface area contributed by atoms with Crippen LogP contribution in [0.15, 0.2) is 11.8 Å². The van der Waals surface area contributed by atoms with Gasteiger partial charge < -0.3 is 100 Å². The van der Waals surface area contributed by atoms with Crippen molar-refractivity contribution >= 4 is 82.7 Å². The predicted molar refractivity (Wildman–Crippen MR) is 314 cm³/mol. The number of allylic oxidation sites excluding steroid dienone is 1. The lowest BCUT2D eigenvalue weighted by Crippen LogP contribution is -2.63. The van der Waals surface area contributed by atoms with E-state index in [1.54, 1.807) is 0 Å². The summed E-state index contributed by atoms with van der Waals surface area (Å²) in [5, 5.41) is 82.4. The van der Waals surface area contributed by atoms with Gasteiger partial charge in [-0.3, -0.25) is 47.9 Å². The molecular formula is C55H95ClN12O19. The number of esters is 1. The number of carbonyl (C=O) groups excluding carboxylic acids is 10. The quantitative estimate of drug-likeness (QED) is 0.0134. The number of nitrogens with one attached hydrogen (secondary N) is 9. The van der Waals surface area contributed by atoms with Gasteiger partial charge in [0.1, 0.15) is 54.6 Å². The van der Waals surface area contributed by atoms with Crippen molar-refractivity contribution in [2.45, 2.75) is 228 Å². The molecule has 9 amide bonds. The lowest BCUT2D eigenvalue weighted by molar-refractivity contribution is -0.153. The summed E-state index contributed by atoms with van der Waals surface area (Å²) in [6.45, 7) is 2.64. The number of unbranched alkanes of at least 4 members (excludes halogenated alkanes) is 13. The number of carboxylic acid groups (broad SMARTS) is 2. The number of aliphatic hydroxyl groups is 4. The van der Waals surface area contributed by atoms with Gasteiger partial charge in [-0.1, -0.05) is 96.5 Å². The fourth-order valence-corrected chi connectivity index (χ4v) is 9.11. The van der Waals surface area contributed by atoms with Crippen molar-refractivity contribution < 1.29 is 92.9 Å². The zero-order valence-electron chi connectivity index (χ0n) is 50.0. The molecule has 12 atom stereocenters. The number of rotatable bonds is 32. The van der Waals surface area contributed by atoms with Crippen molar-refractivity contribution in [1.82, 2.24) is 47.9 Å². The van der Waals surface area contributed by atoms with Gasteiger partial charge in [0.05, 0.1) is 37.0 Å². The van der Waals surface area contributed by atoms with Gasteiger partial charge in [-0.25, -0.2) is 9.59 Å². The van der Waals surface area contributed by atoms with Crippen LogP contribution in [0.1, 0.15) is 156 Å². The van der Waals surface area contributed by atoms with Gasteiger partial charge in [0.25, 0.3) is 5.91 Å². The number of cyclic esters (lactones) is 1. The summed E-state index contributed by atoms with van der Waals surface area (Å²) in [5.74, 6) is -17.6. The molecule has 1 aliphatic rings. The average molecular weight is 1260 g/mol. The van der Waals surface area contributed by atoms with E-state index in [9.17, 15) is 88.2 Å². The van der Waals surface area contributed by atoms with Crippen LogP contribution in [0.5, 0.6) is 0 Å². The number of carboxylic acids is 2. The second-order valence-electron chi connectivity index (χ2n) is 21.3. The van der Waals surface area contributed by atoms with Crippen molar-refractivity contribution in [3.05, 3.63) is 11.8 Å². The molecule has 31 nitrogen and oxygen atoms in total. The van der Waals surface area contributed by atoms with Crippen molar-refractivity contribution in [1.29, 1.82) is 0 Å².